The molecular formula is C15H21N3O3. The van der Waals surface area contributed by atoms with Crippen LogP contribution in [0.15, 0.2) is 22.7 Å². The second-order valence-corrected chi connectivity index (χ2v) is 4.88. The van der Waals surface area contributed by atoms with Gasteiger partial charge in [-0.15, -0.1) is 0 Å². The largest absolute Gasteiger partial charge is 0.493 e. The Morgan fingerprint density at radius 3 is 2.76 bits per heavy atom. The summed E-state index contributed by atoms with van der Waals surface area (Å²) in [6.45, 7) is 4.05. The van der Waals surface area contributed by atoms with E-state index in [2.05, 4.69) is 17.1 Å². The zero-order valence-electron chi connectivity index (χ0n) is 12.6. The first-order chi connectivity index (χ1) is 10.1. The van der Waals surface area contributed by atoms with Crippen LogP contribution in [0.25, 0.3) is 0 Å². The molecule has 0 fully saturated rings. The zero-order valence-corrected chi connectivity index (χ0v) is 12.6. The predicted octanol–water partition coefficient (Wildman–Crippen LogP) is 2.25. The molecule has 0 amide bonds. The Balaban J connectivity index is 2.09. The molecule has 0 aliphatic carbocycles. The molecule has 1 aromatic heterocycles. The molecule has 0 saturated carbocycles. The van der Waals surface area contributed by atoms with Crippen LogP contribution in [-0.4, -0.2) is 23.3 Å². The normalized spacial score (nSPS) is 12.2. The van der Waals surface area contributed by atoms with Crippen LogP contribution in [0.2, 0.25) is 0 Å². The predicted molar refractivity (Wildman–Crippen MR) is 78.3 cm³/mol. The highest BCUT2D eigenvalue weighted by Gasteiger charge is 2.10. The van der Waals surface area contributed by atoms with Crippen molar-refractivity contribution in [1.82, 2.24) is 10.1 Å². The maximum absolute atomic E-state index is 5.99. The fraction of sp³-hybridized carbons (Fsp3) is 0.467. The number of methoxy groups -OCH3 is 1. The molecule has 114 valence electrons. The average molecular weight is 291 g/mol. The molecule has 6 nitrogen and oxygen atoms in total. The van der Waals surface area contributed by atoms with E-state index in [9.17, 15) is 0 Å². The van der Waals surface area contributed by atoms with Crippen molar-refractivity contribution in [3.05, 3.63) is 35.5 Å². The molecule has 1 aromatic carbocycles. The van der Waals surface area contributed by atoms with E-state index in [0.29, 0.717) is 23.2 Å². The molecule has 1 unspecified atom stereocenters. The number of nitrogens with zero attached hydrogens (tertiary/aromatic N) is 2. The maximum atomic E-state index is 5.99. The van der Waals surface area contributed by atoms with Crippen LogP contribution in [0.3, 0.4) is 0 Å². The first-order valence-electron chi connectivity index (χ1n) is 6.96. The van der Waals surface area contributed by atoms with Crippen LogP contribution in [0, 0.1) is 6.92 Å². The molecule has 2 aromatic rings. The van der Waals surface area contributed by atoms with E-state index in [-0.39, 0.29) is 12.6 Å². The van der Waals surface area contributed by atoms with Crippen LogP contribution >= 0.6 is 0 Å². The SMILES string of the molecule is CCC(N)Cc1ccc(OC)c(OCc2nc(C)no2)c1. The molecule has 1 heterocycles. The molecule has 0 radical (unpaired) electrons. The van der Waals surface area contributed by atoms with E-state index >= 15 is 0 Å². The van der Waals surface area contributed by atoms with Gasteiger partial charge in [0.1, 0.15) is 0 Å². The molecule has 0 spiro atoms. The third kappa shape index (κ3) is 4.19. The highest BCUT2D eigenvalue weighted by atomic mass is 16.5. The van der Waals surface area contributed by atoms with Crippen LogP contribution in [-0.2, 0) is 13.0 Å². The van der Waals surface area contributed by atoms with E-state index < -0.39 is 0 Å². The van der Waals surface area contributed by atoms with E-state index in [4.69, 9.17) is 19.7 Å². The Labute approximate surface area is 124 Å². The molecule has 2 rings (SSSR count). The topological polar surface area (TPSA) is 83.4 Å². The average Bonchev–Trinajstić information content (AvgIpc) is 2.90. The summed E-state index contributed by atoms with van der Waals surface area (Å²) < 4.78 is 16.0. The quantitative estimate of drug-likeness (QED) is 0.842. The lowest BCUT2D eigenvalue weighted by molar-refractivity contribution is 0.233. The van der Waals surface area contributed by atoms with Gasteiger partial charge in [0.05, 0.1) is 7.11 Å². The van der Waals surface area contributed by atoms with Crippen molar-refractivity contribution in [3.8, 4) is 11.5 Å². The number of hydrogen-bond donors (Lipinski definition) is 1. The van der Waals surface area contributed by atoms with E-state index in [0.717, 1.165) is 18.4 Å². The first-order valence-corrected chi connectivity index (χ1v) is 6.96. The van der Waals surface area contributed by atoms with Gasteiger partial charge in [0.15, 0.2) is 23.9 Å². The van der Waals surface area contributed by atoms with Crippen molar-refractivity contribution in [2.75, 3.05) is 7.11 Å². The van der Waals surface area contributed by atoms with Gasteiger partial charge in [-0.1, -0.05) is 18.1 Å². The van der Waals surface area contributed by atoms with Crippen molar-refractivity contribution < 1.29 is 14.0 Å². The van der Waals surface area contributed by atoms with Gasteiger partial charge in [-0.05, 0) is 37.5 Å². The summed E-state index contributed by atoms with van der Waals surface area (Å²) >= 11 is 0. The Hall–Kier alpha value is -2.08. The van der Waals surface area contributed by atoms with Gasteiger partial charge in [0, 0.05) is 6.04 Å². The number of aryl methyl sites for hydroxylation is 1. The minimum Gasteiger partial charge on any atom is -0.493 e. The van der Waals surface area contributed by atoms with Crippen molar-refractivity contribution >= 4 is 0 Å². The lowest BCUT2D eigenvalue weighted by atomic mass is 10.0. The highest BCUT2D eigenvalue weighted by molar-refractivity contribution is 5.43. The van der Waals surface area contributed by atoms with Crippen molar-refractivity contribution in [2.24, 2.45) is 5.73 Å². The fourth-order valence-corrected chi connectivity index (χ4v) is 1.95. The third-order valence-corrected chi connectivity index (χ3v) is 3.17. The maximum Gasteiger partial charge on any atom is 0.264 e. The molecule has 0 aliphatic heterocycles. The Morgan fingerprint density at radius 2 is 2.14 bits per heavy atom. The van der Waals surface area contributed by atoms with Gasteiger partial charge in [-0.3, -0.25) is 0 Å². The third-order valence-electron chi connectivity index (χ3n) is 3.17. The van der Waals surface area contributed by atoms with Gasteiger partial charge in [0.25, 0.3) is 5.89 Å². The highest BCUT2D eigenvalue weighted by Crippen LogP contribution is 2.29. The monoisotopic (exact) mass is 291 g/mol. The number of hydrogen-bond acceptors (Lipinski definition) is 6. The first kappa shape index (κ1) is 15.3. The molecule has 6 heteroatoms. The van der Waals surface area contributed by atoms with Crippen molar-refractivity contribution in [3.63, 3.8) is 0 Å². The Bertz CT molecular complexity index is 583. The van der Waals surface area contributed by atoms with Gasteiger partial charge in [-0.25, -0.2) is 0 Å². The van der Waals surface area contributed by atoms with Gasteiger partial charge in [0.2, 0.25) is 0 Å². The summed E-state index contributed by atoms with van der Waals surface area (Å²) in [7, 11) is 1.61. The van der Waals surface area contributed by atoms with Crippen LogP contribution in [0.5, 0.6) is 11.5 Å². The van der Waals surface area contributed by atoms with Gasteiger partial charge < -0.3 is 19.7 Å². The summed E-state index contributed by atoms with van der Waals surface area (Å²) in [5.41, 5.74) is 7.10. The number of rotatable bonds is 7. The van der Waals surface area contributed by atoms with Gasteiger partial charge >= 0.3 is 0 Å². The summed E-state index contributed by atoms with van der Waals surface area (Å²) in [4.78, 5) is 4.10. The molecule has 21 heavy (non-hydrogen) atoms. The van der Waals surface area contributed by atoms with Crippen LogP contribution < -0.4 is 15.2 Å². The van der Waals surface area contributed by atoms with Crippen LogP contribution in [0.4, 0.5) is 0 Å². The molecule has 0 aliphatic rings. The summed E-state index contributed by atoms with van der Waals surface area (Å²) in [5.74, 6) is 2.34. The second-order valence-electron chi connectivity index (χ2n) is 4.88. The summed E-state index contributed by atoms with van der Waals surface area (Å²) in [6, 6.07) is 5.96. The number of ether oxygens (including phenoxy) is 2. The lowest BCUT2D eigenvalue weighted by Gasteiger charge is -2.13. The minimum atomic E-state index is 0.143. The summed E-state index contributed by atoms with van der Waals surface area (Å²) in [5, 5.41) is 3.73. The minimum absolute atomic E-state index is 0.143. The van der Waals surface area contributed by atoms with E-state index in [1.165, 1.54) is 0 Å². The Morgan fingerprint density at radius 1 is 1.33 bits per heavy atom. The molecule has 1 atom stereocenters. The smallest absolute Gasteiger partial charge is 0.264 e. The zero-order chi connectivity index (χ0) is 15.2. The molecule has 2 N–H and O–H groups in total. The van der Waals surface area contributed by atoms with Gasteiger partial charge in [-0.2, -0.15) is 4.98 Å². The fourth-order valence-electron chi connectivity index (χ4n) is 1.95. The summed E-state index contributed by atoms with van der Waals surface area (Å²) in [6.07, 6.45) is 1.74. The molecule has 0 bridgehead atoms. The second kappa shape index (κ2) is 7.08. The number of aromatic nitrogens is 2. The number of benzene rings is 1. The van der Waals surface area contributed by atoms with Crippen molar-refractivity contribution in [2.45, 2.75) is 39.3 Å². The molecule has 0 saturated heterocycles. The van der Waals surface area contributed by atoms with E-state index in [1.807, 2.05) is 18.2 Å². The lowest BCUT2D eigenvalue weighted by Crippen LogP contribution is -2.21. The number of nitrogens with two attached hydrogens (primary N) is 1. The van der Waals surface area contributed by atoms with Crippen molar-refractivity contribution in [1.29, 1.82) is 0 Å². The molecular weight excluding hydrogens is 270 g/mol. The van der Waals surface area contributed by atoms with Crippen LogP contribution in [0.1, 0.15) is 30.6 Å². The Kier molecular flexibility index (Phi) is 5.16. The standard InChI is InChI=1S/C15H21N3O3/c1-4-12(16)7-11-5-6-13(19-3)14(8-11)20-9-15-17-10(2)18-21-15/h5-6,8,12H,4,7,9,16H2,1-3H3. The van der Waals surface area contributed by atoms with E-state index in [1.54, 1.807) is 14.0 Å².